The third-order valence-corrected chi connectivity index (χ3v) is 4.94. The summed E-state index contributed by atoms with van der Waals surface area (Å²) in [7, 11) is 0. The van der Waals surface area contributed by atoms with E-state index >= 15 is 0 Å². The van der Waals surface area contributed by atoms with Crippen LogP contribution in [-0.2, 0) is 6.42 Å². The number of amides is 1. The number of benzene rings is 2. The van der Waals surface area contributed by atoms with E-state index in [-0.39, 0.29) is 30.7 Å². The van der Waals surface area contributed by atoms with Gasteiger partial charge in [0.25, 0.3) is 5.91 Å². The Kier molecular flexibility index (Phi) is 7.18. The van der Waals surface area contributed by atoms with Crippen molar-refractivity contribution in [2.75, 3.05) is 35.2 Å². The third kappa shape index (κ3) is 4.08. The zero-order chi connectivity index (χ0) is 16.4. The normalized spacial score (nSPS) is 15.2. The van der Waals surface area contributed by atoms with Gasteiger partial charge in [0.15, 0.2) is 0 Å². The van der Waals surface area contributed by atoms with E-state index in [0.29, 0.717) is 0 Å². The van der Waals surface area contributed by atoms with Gasteiger partial charge in [-0.3, -0.25) is 4.79 Å². The lowest BCUT2D eigenvalue weighted by Gasteiger charge is -2.23. The Morgan fingerprint density at radius 3 is 2.54 bits per heavy atom. The molecule has 140 valence electrons. The van der Waals surface area contributed by atoms with Gasteiger partial charge in [0.05, 0.1) is 11.4 Å². The van der Waals surface area contributed by atoms with Crippen molar-refractivity contribution in [2.45, 2.75) is 25.7 Å². The molecule has 0 saturated carbocycles. The monoisotopic (exact) mass is 393 g/mol. The summed E-state index contributed by atoms with van der Waals surface area (Å²) in [6.07, 6.45) is 4.47. The lowest BCUT2D eigenvalue weighted by atomic mass is 9.97. The highest BCUT2D eigenvalue weighted by atomic mass is 35.5. The first kappa shape index (κ1) is 20.4. The van der Waals surface area contributed by atoms with Crippen molar-refractivity contribution in [3.63, 3.8) is 0 Å². The number of rotatable bonds is 3. The molecule has 0 bridgehead atoms. The molecule has 0 aromatic heterocycles. The second kappa shape index (κ2) is 9.15. The van der Waals surface area contributed by atoms with Gasteiger partial charge in [0.2, 0.25) is 0 Å². The maximum absolute atomic E-state index is 12.9. The molecule has 2 aromatic rings. The molecule has 1 saturated heterocycles. The Hall–Kier alpha value is -1.91. The van der Waals surface area contributed by atoms with Crippen molar-refractivity contribution >= 4 is 47.8 Å². The molecule has 0 atom stereocenters. The van der Waals surface area contributed by atoms with Crippen molar-refractivity contribution in [1.29, 1.82) is 0 Å². The van der Waals surface area contributed by atoms with E-state index in [2.05, 4.69) is 27.7 Å². The second-order valence-corrected chi connectivity index (χ2v) is 6.53. The molecule has 2 aliphatic rings. The quantitative estimate of drug-likeness (QED) is 0.790. The summed E-state index contributed by atoms with van der Waals surface area (Å²) >= 11 is 0. The van der Waals surface area contributed by atoms with Crippen LogP contribution in [0, 0.1) is 0 Å². The number of hydrogen-bond acceptors (Lipinski definition) is 3. The highest BCUT2D eigenvalue weighted by Gasteiger charge is 2.20. The van der Waals surface area contributed by atoms with Gasteiger partial charge in [-0.05, 0) is 55.5 Å². The van der Waals surface area contributed by atoms with Gasteiger partial charge >= 0.3 is 0 Å². The molecule has 2 aromatic carbocycles. The molecule has 0 unspecified atom stereocenters. The largest absolute Gasteiger partial charge is 0.385 e. The van der Waals surface area contributed by atoms with Crippen LogP contribution in [0.25, 0.3) is 0 Å². The topological polar surface area (TPSA) is 44.4 Å². The Morgan fingerprint density at radius 1 is 0.962 bits per heavy atom. The molecule has 0 spiro atoms. The van der Waals surface area contributed by atoms with Gasteiger partial charge in [0.1, 0.15) is 0 Å². The molecule has 1 fully saturated rings. The maximum Gasteiger partial charge on any atom is 0.256 e. The predicted octanol–water partition coefficient (Wildman–Crippen LogP) is 4.74. The van der Waals surface area contributed by atoms with Gasteiger partial charge in [-0.25, -0.2) is 0 Å². The van der Waals surface area contributed by atoms with Crippen LogP contribution in [0.3, 0.4) is 0 Å². The average molecular weight is 394 g/mol. The van der Waals surface area contributed by atoms with Crippen LogP contribution in [0.1, 0.15) is 35.2 Å². The Balaban J connectivity index is 0.00000121. The van der Waals surface area contributed by atoms with Gasteiger partial charge in [0, 0.05) is 30.9 Å². The summed E-state index contributed by atoms with van der Waals surface area (Å²) in [4.78, 5) is 15.3. The van der Waals surface area contributed by atoms with Crippen LogP contribution in [0.5, 0.6) is 0 Å². The van der Waals surface area contributed by atoms with Crippen LogP contribution < -0.4 is 15.5 Å². The SMILES string of the molecule is Cl.Cl.O=C(Nc1ccccc1N1CCCC1)c1cccc2c1CCCN2. The fourth-order valence-electron chi connectivity index (χ4n) is 3.73. The maximum atomic E-state index is 12.9. The van der Waals surface area contributed by atoms with Gasteiger partial charge in [-0.15, -0.1) is 24.8 Å². The van der Waals surface area contributed by atoms with Crippen molar-refractivity contribution in [3.8, 4) is 0 Å². The molecular formula is C20H25Cl2N3O. The smallest absolute Gasteiger partial charge is 0.256 e. The van der Waals surface area contributed by atoms with Gasteiger partial charge in [-0.1, -0.05) is 18.2 Å². The Labute approximate surface area is 167 Å². The zero-order valence-corrected chi connectivity index (χ0v) is 16.3. The first-order valence-corrected chi connectivity index (χ1v) is 8.84. The van der Waals surface area contributed by atoms with E-state index in [1.807, 2.05) is 30.3 Å². The van der Waals surface area contributed by atoms with E-state index < -0.39 is 0 Å². The van der Waals surface area contributed by atoms with Crippen molar-refractivity contribution in [3.05, 3.63) is 53.6 Å². The van der Waals surface area contributed by atoms with Crippen LogP contribution >= 0.6 is 24.8 Å². The van der Waals surface area contributed by atoms with Crippen LogP contribution in [0.2, 0.25) is 0 Å². The van der Waals surface area contributed by atoms with E-state index in [9.17, 15) is 4.79 Å². The minimum atomic E-state index is -0.0119. The molecule has 0 aliphatic carbocycles. The third-order valence-electron chi connectivity index (χ3n) is 4.94. The number of carbonyl (C=O) groups excluding carboxylic acids is 1. The summed E-state index contributed by atoms with van der Waals surface area (Å²) in [6, 6.07) is 14.1. The molecular weight excluding hydrogens is 369 g/mol. The van der Waals surface area contributed by atoms with Crippen LogP contribution in [0.15, 0.2) is 42.5 Å². The molecule has 26 heavy (non-hydrogen) atoms. The van der Waals surface area contributed by atoms with E-state index in [0.717, 1.165) is 60.7 Å². The molecule has 4 nitrogen and oxygen atoms in total. The van der Waals surface area contributed by atoms with Gasteiger partial charge in [-0.2, -0.15) is 0 Å². The standard InChI is InChI=1S/C20H23N3O.2ClH/c24-20(16-7-5-10-17-15(16)8-6-12-21-17)22-18-9-1-2-11-19(18)23-13-3-4-14-23;;/h1-2,5,7,9-11,21H,3-4,6,8,12-14H2,(H,22,24);2*1H. The molecule has 2 N–H and O–H groups in total. The Bertz CT molecular complexity index is 760. The predicted molar refractivity (Wildman–Crippen MR) is 114 cm³/mol. The minimum absolute atomic E-state index is 0. The highest BCUT2D eigenvalue weighted by molar-refractivity contribution is 6.07. The van der Waals surface area contributed by atoms with E-state index in [4.69, 9.17) is 0 Å². The lowest BCUT2D eigenvalue weighted by molar-refractivity contribution is 0.102. The Morgan fingerprint density at radius 2 is 1.73 bits per heavy atom. The average Bonchev–Trinajstić information content (AvgIpc) is 3.16. The summed E-state index contributed by atoms with van der Waals surface area (Å²) < 4.78 is 0. The molecule has 2 heterocycles. The number of carbonyl (C=O) groups is 1. The molecule has 6 heteroatoms. The molecule has 0 radical (unpaired) electrons. The zero-order valence-electron chi connectivity index (χ0n) is 14.7. The van der Waals surface area contributed by atoms with Gasteiger partial charge < -0.3 is 15.5 Å². The summed E-state index contributed by atoms with van der Waals surface area (Å²) in [5.74, 6) is -0.0119. The van der Waals surface area contributed by atoms with E-state index in [1.165, 1.54) is 12.8 Å². The van der Waals surface area contributed by atoms with Crippen molar-refractivity contribution in [1.82, 2.24) is 0 Å². The molecule has 1 amide bonds. The summed E-state index contributed by atoms with van der Waals surface area (Å²) in [5, 5.41) is 6.54. The number of anilines is 3. The summed E-state index contributed by atoms with van der Waals surface area (Å²) in [6.45, 7) is 3.12. The fourth-order valence-corrected chi connectivity index (χ4v) is 3.73. The van der Waals surface area contributed by atoms with Crippen molar-refractivity contribution in [2.24, 2.45) is 0 Å². The lowest BCUT2D eigenvalue weighted by Crippen LogP contribution is -2.22. The molecule has 2 aliphatic heterocycles. The van der Waals surface area contributed by atoms with E-state index in [1.54, 1.807) is 0 Å². The van der Waals surface area contributed by atoms with Crippen LogP contribution in [0.4, 0.5) is 17.1 Å². The summed E-state index contributed by atoms with van der Waals surface area (Å²) in [5.41, 5.74) is 5.06. The second-order valence-electron chi connectivity index (χ2n) is 6.53. The number of nitrogens with zero attached hydrogens (tertiary/aromatic N) is 1. The fraction of sp³-hybridized carbons (Fsp3) is 0.350. The van der Waals surface area contributed by atoms with Crippen molar-refractivity contribution < 1.29 is 4.79 Å². The van der Waals surface area contributed by atoms with Crippen LogP contribution in [-0.4, -0.2) is 25.5 Å². The highest BCUT2D eigenvalue weighted by Crippen LogP contribution is 2.30. The number of halogens is 2. The first-order valence-electron chi connectivity index (χ1n) is 8.84. The number of nitrogens with one attached hydrogen (secondary N) is 2. The number of hydrogen-bond donors (Lipinski definition) is 2. The minimum Gasteiger partial charge on any atom is -0.385 e. The number of para-hydroxylation sites is 2. The first-order chi connectivity index (χ1) is 11.8. The number of fused-ring (bicyclic) bond motifs is 1. The molecule has 4 rings (SSSR count).